The van der Waals surface area contributed by atoms with Crippen LogP contribution in [0.3, 0.4) is 0 Å². The smallest absolute Gasteiger partial charge is 0.204 e. The summed E-state index contributed by atoms with van der Waals surface area (Å²) in [6.07, 6.45) is 0. The van der Waals surface area contributed by atoms with Gasteiger partial charge in [-0.05, 0) is 29.6 Å². The second kappa shape index (κ2) is 4.88. The lowest BCUT2D eigenvalue weighted by molar-refractivity contribution is 0.104. The predicted molar refractivity (Wildman–Crippen MR) is 71.9 cm³/mol. The maximum absolute atomic E-state index is 12.1. The van der Waals surface area contributed by atoms with Crippen molar-refractivity contribution >= 4 is 56.3 Å². The van der Waals surface area contributed by atoms with Gasteiger partial charge in [0.25, 0.3) is 0 Å². The first-order valence-corrected chi connectivity index (χ1v) is 6.74. The van der Waals surface area contributed by atoms with Crippen molar-refractivity contribution in [3.63, 3.8) is 0 Å². The van der Waals surface area contributed by atoms with E-state index in [4.69, 9.17) is 23.2 Å². The zero-order chi connectivity index (χ0) is 11.7. The average Bonchev–Trinajstić information content (AvgIpc) is 2.62. The van der Waals surface area contributed by atoms with Gasteiger partial charge in [-0.2, -0.15) is 0 Å². The molecule has 0 spiro atoms. The molecule has 0 unspecified atom stereocenters. The summed E-state index contributed by atoms with van der Waals surface area (Å²) in [7, 11) is 0. The van der Waals surface area contributed by atoms with Gasteiger partial charge in [-0.25, -0.2) is 0 Å². The molecule has 0 N–H and O–H groups in total. The summed E-state index contributed by atoms with van der Waals surface area (Å²) in [5.74, 6) is -0.108. The number of halogens is 3. The van der Waals surface area contributed by atoms with Crippen LogP contribution >= 0.6 is 50.5 Å². The van der Waals surface area contributed by atoms with E-state index in [1.165, 1.54) is 11.3 Å². The van der Waals surface area contributed by atoms with E-state index in [1.54, 1.807) is 29.6 Å². The van der Waals surface area contributed by atoms with Crippen molar-refractivity contribution in [3.8, 4) is 0 Å². The van der Waals surface area contributed by atoms with Crippen LogP contribution in [0, 0.1) is 0 Å². The van der Waals surface area contributed by atoms with Crippen molar-refractivity contribution in [3.05, 3.63) is 54.6 Å². The molecule has 2 aromatic rings. The van der Waals surface area contributed by atoms with Gasteiger partial charge in [0.05, 0.1) is 9.90 Å². The molecule has 0 atom stereocenters. The van der Waals surface area contributed by atoms with E-state index in [0.717, 1.165) is 4.47 Å². The zero-order valence-electron chi connectivity index (χ0n) is 7.84. The first kappa shape index (κ1) is 12.1. The van der Waals surface area contributed by atoms with Crippen LogP contribution in [0.2, 0.25) is 10.0 Å². The highest BCUT2D eigenvalue weighted by molar-refractivity contribution is 9.10. The SMILES string of the molecule is O=C(c1cc(Cl)cc(Br)c1)c1sccc1Cl. The van der Waals surface area contributed by atoms with E-state index in [2.05, 4.69) is 15.9 Å². The Hall–Kier alpha value is -0.350. The molecule has 0 fully saturated rings. The summed E-state index contributed by atoms with van der Waals surface area (Å²) in [6, 6.07) is 6.79. The van der Waals surface area contributed by atoms with Crippen molar-refractivity contribution in [2.75, 3.05) is 0 Å². The highest BCUT2D eigenvalue weighted by atomic mass is 79.9. The van der Waals surface area contributed by atoms with E-state index >= 15 is 0 Å². The molecule has 1 aromatic carbocycles. The van der Waals surface area contributed by atoms with E-state index in [0.29, 0.717) is 20.5 Å². The molecular formula is C11H5BrCl2OS. The van der Waals surface area contributed by atoms with Gasteiger partial charge >= 0.3 is 0 Å². The molecule has 2 rings (SSSR count). The molecule has 16 heavy (non-hydrogen) atoms. The molecule has 0 aliphatic carbocycles. The number of thiophene rings is 1. The summed E-state index contributed by atoms with van der Waals surface area (Å²) < 4.78 is 0.774. The fourth-order valence-corrected chi connectivity index (χ4v) is 3.23. The molecule has 0 amide bonds. The van der Waals surface area contributed by atoms with E-state index in [9.17, 15) is 4.79 Å². The van der Waals surface area contributed by atoms with Crippen LogP contribution in [0.4, 0.5) is 0 Å². The Morgan fingerprint density at radius 2 is 2.00 bits per heavy atom. The van der Waals surface area contributed by atoms with Crippen LogP contribution in [-0.2, 0) is 0 Å². The van der Waals surface area contributed by atoms with Gasteiger partial charge in [0.15, 0.2) is 0 Å². The molecule has 0 saturated heterocycles. The minimum Gasteiger partial charge on any atom is -0.288 e. The molecule has 82 valence electrons. The molecular weight excluding hydrogens is 331 g/mol. The third-order valence-corrected chi connectivity index (χ3v) is 3.96. The van der Waals surface area contributed by atoms with Crippen molar-refractivity contribution in [1.29, 1.82) is 0 Å². The van der Waals surface area contributed by atoms with Crippen molar-refractivity contribution in [2.24, 2.45) is 0 Å². The van der Waals surface area contributed by atoms with Gasteiger partial charge in [-0.15, -0.1) is 11.3 Å². The molecule has 0 aliphatic rings. The van der Waals surface area contributed by atoms with Gasteiger partial charge in [-0.1, -0.05) is 39.1 Å². The Kier molecular flexibility index (Phi) is 3.70. The Labute approximate surface area is 115 Å². The summed E-state index contributed by atoms with van der Waals surface area (Å²) in [5, 5.41) is 2.78. The quantitative estimate of drug-likeness (QED) is 0.702. The van der Waals surface area contributed by atoms with Gasteiger partial charge in [0, 0.05) is 15.1 Å². The van der Waals surface area contributed by atoms with Crippen molar-refractivity contribution in [2.45, 2.75) is 0 Å². The largest absolute Gasteiger partial charge is 0.288 e. The minimum atomic E-state index is -0.108. The molecule has 5 heteroatoms. The van der Waals surface area contributed by atoms with Crippen LogP contribution in [0.15, 0.2) is 34.1 Å². The van der Waals surface area contributed by atoms with E-state index in [1.807, 2.05) is 0 Å². The molecule has 0 radical (unpaired) electrons. The second-order valence-electron chi connectivity index (χ2n) is 3.08. The number of carbonyl (C=O) groups is 1. The Bertz CT molecular complexity index is 530. The lowest BCUT2D eigenvalue weighted by Gasteiger charge is -2.01. The molecule has 0 aliphatic heterocycles. The number of rotatable bonds is 2. The van der Waals surface area contributed by atoms with Crippen LogP contribution in [0.25, 0.3) is 0 Å². The standard InChI is InChI=1S/C11H5BrCl2OS/c12-7-3-6(4-8(13)5-7)10(15)11-9(14)1-2-16-11/h1-5H. The van der Waals surface area contributed by atoms with E-state index < -0.39 is 0 Å². The van der Waals surface area contributed by atoms with Gasteiger partial charge < -0.3 is 0 Å². The topological polar surface area (TPSA) is 17.1 Å². The third-order valence-electron chi connectivity index (χ3n) is 1.95. The third kappa shape index (κ3) is 2.48. The number of ketones is 1. The number of carbonyl (C=O) groups excluding carboxylic acids is 1. The minimum absolute atomic E-state index is 0.108. The van der Waals surface area contributed by atoms with Crippen LogP contribution < -0.4 is 0 Å². The van der Waals surface area contributed by atoms with Gasteiger partial charge in [-0.3, -0.25) is 4.79 Å². The Balaban J connectivity index is 2.45. The van der Waals surface area contributed by atoms with Crippen LogP contribution in [0.1, 0.15) is 15.2 Å². The Morgan fingerprint density at radius 3 is 2.56 bits per heavy atom. The predicted octanol–water partition coefficient (Wildman–Crippen LogP) is 5.05. The summed E-state index contributed by atoms with van der Waals surface area (Å²) in [5.41, 5.74) is 0.531. The monoisotopic (exact) mass is 334 g/mol. The molecule has 0 saturated carbocycles. The lowest BCUT2D eigenvalue weighted by Crippen LogP contribution is -1.99. The maximum Gasteiger partial charge on any atom is 0.204 e. The van der Waals surface area contributed by atoms with Gasteiger partial charge in [0.2, 0.25) is 5.78 Å². The fourth-order valence-electron chi connectivity index (χ4n) is 1.27. The molecule has 1 nitrogen and oxygen atoms in total. The van der Waals surface area contributed by atoms with Crippen LogP contribution in [0.5, 0.6) is 0 Å². The van der Waals surface area contributed by atoms with Crippen LogP contribution in [-0.4, -0.2) is 5.78 Å². The number of hydrogen-bond donors (Lipinski definition) is 0. The average molecular weight is 336 g/mol. The molecule has 0 bridgehead atoms. The summed E-state index contributed by atoms with van der Waals surface area (Å²) in [4.78, 5) is 12.6. The zero-order valence-corrected chi connectivity index (χ0v) is 11.8. The maximum atomic E-state index is 12.1. The normalized spacial score (nSPS) is 10.4. The number of benzene rings is 1. The fraction of sp³-hybridized carbons (Fsp3) is 0. The highest BCUT2D eigenvalue weighted by Gasteiger charge is 2.15. The van der Waals surface area contributed by atoms with Crippen molar-refractivity contribution < 1.29 is 4.79 Å². The molecule has 1 heterocycles. The second-order valence-corrected chi connectivity index (χ2v) is 5.76. The Morgan fingerprint density at radius 1 is 1.25 bits per heavy atom. The lowest BCUT2D eigenvalue weighted by atomic mass is 10.1. The summed E-state index contributed by atoms with van der Waals surface area (Å²) in [6.45, 7) is 0. The molecule has 1 aromatic heterocycles. The van der Waals surface area contributed by atoms with E-state index in [-0.39, 0.29) is 5.78 Å². The first-order valence-electron chi connectivity index (χ1n) is 4.31. The first-order chi connectivity index (χ1) is 7.58. The highest BCUT2D eigenvalue weighted by Crippen LogP contribution is 2.27. The van der Waals surface area contributed by atoms with Gasteiger partial charge in [0.1, 0.15) is 0 Å². The summed E-state index contributed by atoms with van der Waals surface area (Å²) >= 11 is 16.4. The number of hydrogen-bond acceptors (Lipinski definition) is 2. The van der Waals surface area contributed by atoms with Crippen molar-refractivity contribution in [1.82, 2.24) is 0 Å².